The summed E-state index contributed by atoms with van der Waals surface area (Å²) in [5.41, 5.74) is 2.47. The first-order valence-corrected chi connectivity index (χ1v) is 11.2. The Kier molecular flexibility index (Phi) is 5.11. The van der Waals surface area contributed by atoms with E-state index >= 15 is 0 Å². The number of fused-ring (bicyclic) bond motifs is 2. The van der Waals surface area contributed by atoms with Gasteiger partial charge in [0.2, 0.25) is 0 Å². The van der Waals surface area contributed by atoms with Crippen molar-refractivity contribution < 1.29 is 9.53 Å². The summed E-state index contributed by atoms with van der Waals surface area (Å²) in [6.45, 7) is 3.81. The zero-order chi connectivity index (χ0) is 22.2. The highest BCUT2D eigenvalue weighted by Gasteiger charge is 2.34. The molecule has 3 heterocycles. The first kappa shape index (κ1) is 20.2. The Labute approximate surface area is 187 Å². The molecule has 0 fully saturated rings. The van der Waals surface area contributed by atoms with Crippen LogP contribution >= 0.6 is 11.3 Å². The fraction of sp³-hybridized carbons (Fsp3) is 0.160. The van der Waals surface area contributed by atoms with E-state index in [1.54, 1.807) is 18.4 Å². The minimum Gasteiger partial charge on any atom is -0.463 e. The second-order valence-electron chi connectivity index (χ2n) is 7.50. The number of carbonyl (C=O) groups excluding carboxylic acids is 1. The van der Waals surface area contributed by atoms with E-state index in [0.29, 0.717) is 20.6 Å². The van der Waals surface area contributed by atoms with E-state index in [-0.39, 0.29) is 12.2 Å². The Morgan fingerprint density at radius 2 is 2.00 bits per heavy atom. The van der Waals surface area contributed by atoms with Crippen molar-refractivity contribution in [2.24, 2.45) is 4.99 Å². The van der Waals surface area contributed by atoms with E-state index in [1.807, 2.05) is 66.9 Å². The van der Waals surface area contributed by atoms with Gasteiger partial charge in [0.25, 0.3) is 5.56 Å². The molecule has 0 saturated carbocycles. The molecule has 2 aromatic heterocycles. The Bertz CT molecular complexity index is 1540. The maximum absolute atomic E-state index is 13.6. The molecule has 4 aromatic rings. The van der Waals surface area contributed by atoms with Crippen molar-refractivity contribution in [3.05, 3.63) is 103 Å². The highest BCUT2D eigenvalue weighted by Crippen LogP contribution is 2.34. The molecule has 5 rings (SSSR count). The van der Waals surface area contributed by atoms with E-state index < -0.39 is 12.0 Å². The zero-order valence-electron chi connectivity index (χ0n) is 17.7. The van der Waals surface area contributed by atoms with Crippen molar-refractivity contribution in [3.8, 4) is 0 Å². The van der Waals surface area contributed by atoms with E-state index in [0.717, 1.165) is 22.0 Å². The number of esters is 1. The van der Waals surface area contributed by atoms with Gasteiger partial charge < -0.3 is 9.72 Å². The largest absolute Gasteiger partial charge is 0.463 e. The number of thiazole rings is 1. The van der Waals surface area contributed by atoms with Crippen LogP contribution in [0.25, 0.3) is 16.8 Å². The molecule has 0 bridgehead atoms. The number of rotatable bonds is 4. The molecule has 2 aromatic carbocycles. The molecular formula is C25H21N3O3S. The lowest BCUT2D eigenvalue weighted by molar-refractivity contribution is -0.139. The Morgan fingerprint density at radius 3 is 2.78 bits per heavy atom. The number of hydrogen-bond donors (Lipinski definition) is 1. The van der Waals surface area contributed by atoms with Gasteiger partial charge in [-0.25, -0.2) is 9.79 Å². The molecule has 1 aliphatic heterocycles. The highest BCUT2D eigenvalue weighted by atomic mass is 32.1. The van der Waals surface area contributed by atoms with Crippen LogP contribution in [0.15, 0.2) is 81.9 Å². The van der Waals surface area contributed by atoms with Crippen LogP contribution < -0.4 is 14.9 Å². The van der Waals surface area contributed by atoms with Gasteiger partial charge in [0.05, 0.1) is 28.5 Å². The molecule has 0 spiro atoms. The molecule has 1 N–H and O–H groups in total. The van der Waals surface area contributed by atoms with E-state index in [9.17, 15) is 9.59 Å². The summed E-state index contributed by atoms with van der Waals surface area (Å²) in [6, 6.07) is 17.1. The molecule has 1 unspecified atom stereocenters. The number of allylic oxidation sites excluding steroid dienone is 1. The SMILES string of the molecule is CCOC(=O)C1=C(C)N=c2s/c(=C/c3ccc[nH]3)c(=O)n2C1c1cccc2ccccc12. The van der Waals surface area contributed by atoms with E-state index in [2.05, 4.69) is 9.98 Å². The van der Waals surface area contributed by atoms with E-state index in [1.165, 1.54) is 11.3 Å². The summed E-state index contributed by atoms with van der Waals surface area (Å²) in [7, 11) is 0. The molecule has 1 aliphatic rings. The quantitative estimate of drug-likeness (QED) is 0.492. The fourth-order valence-electron chi connectivity index (χ4n) is 4.15. The van der Waals surface area contributed by atoms with Crippen molar-refractivity contribution >= 4 is 34.2 Å². The molecule has 0 saturated heterocycles. The monoisotopic (exact) mass is 443 g/mol. The van der Waals surface area contributed by atoms with Gasteiger partial charge in [0, 0.05) is 11.9 Å². The normalized spacial score (nSPS) is 16.2. The number of nitrogens with one attached hydrogen (secondary N) is 1. The molecule has 32 heavy (non-hydrogen) atoms. The average molecular weight is 444 g/mol. The summed E-state index contributed by atoms with van der Waals surface area (Å²) >= 11 is 1.32. The zero-order valence-corrected chi connectivity index (χ0v) is 18.5. The Hall–Kier alpha value is -3.71. The topological polar surface area (TPSA) is 76.4 Å². The number of ether oxygens (including phenoxy) is 1. The third-order valence-corrected chi connectivity index (χ3v) is 6.53. The molecule has 7 heteroatoms. The second-order valence-corrected chi connectivity index (χ2v) is 8.51. The molecule has 0 amide bonds. The molecule has 6 nitrogen and oxygen atoms in total. The molecule has 160 valence electrons. The van der Waals surface area contributed by atoms with Gasteiger partial charge in [-0.3, -0.25) is 9.36 Å². The van der Waals surface area contributed by atoms with Gasteiger partial charge in [-0.2, -0.15) is 0 Å². The van der Waals surface area contributed by atoms with Gasteiger partial charge >= 0.3 is 5.97 Å². The first-order chi connectivity index (χ1) is 15.6. The smallest absolute Gasteiger partial charge is 0.338 e. The number of aromatic nitrogens is 2. The van der Waals surface area contributed by atoms with Crippen LogP contribution in [-0.2, 0) is 9.53 Å². The van der Waals surface area contributed by atoms with Crippen molar-refractivity contribution in [2.75, 3.05) is 6.61 Å². The summed E-state index contributed by atoms with van der Waals surface area (Å²) in [4.78, 5) is 34.9. The number of aromatic amines is 1. The molecular weight excluding hydrogens is 422 g/mol. The van der Waals surface area contributed by atoms with Crippen LogP contribution in [0.4, 0.5) is 0 Å². The molecule has 1 atom stereocenters. The maximum Gasteiger partial charge on any atom is 0.338 e. The van der Waals surface area contributed by atoms with Crippen LogP contribution in [0.2, 0.25) is 0 Å². The third kappa shape index (κ3) is 3.31. The third-order valence-electron chi connectivity index (χ3n) is 5.54. The lowest BCUT2D eigenvalue weighted by Gasteiger charge is -2.25. The number of H-pyrrole nitrogens is 1. The summed E-state index contributed by atoms with van der Waals surface area (Å²) in [5, 5.41) is 2.02. The van der Waals surface area contributed by atoms with Crippen molar-refractivity contribution in [2.45, 2.75) is 19.9 Å². The van der Waals surface area contributed by atoms with Gasteiger partial charge in [0.15, 0.2) is 4.80 Å². The predicted octanol–water partition coefficient (Wildman–Crippen LogP) is 3.28. The van der Waals surface area contributed by atoms with Crippen molar-refractivity contribution in [3.63, 3.8) is 0 Å². The minimum atomic E-state index is -0.623. The van der Waals surface area contributed by atoms with Gasteiger partial charge in [-0.05, 0) is 48.4 Å². The Morgan fingerprint density at radius 1 is 1.19 bits per heavy atom. The molecule has 0 aliphatic carbocycles. The number of hydrogen-bond acceptors (Lipinski definition) is 5. The number of nitrogens with zero attached hydrogens (tertiary/aromatic N) is 2. The first-order valence-electron chi connectivity index (χ1n) is 10.4. The van der Waals surface area contributed by atoms with Crippen molar-refractivity contribution in [1.29, 1.82) is 0 Å². The predicted molar refractivity (Wildman–Crippen MR) is 125 cm³/mol. The van der Waals surface area contributed by atoms with Crippen molar-refractivity contribution in [1.82, 2.24) is 9.55 Å². The van der Waals surface area contributed by atoms with Crippen LogP contribution in [0, 0.1) is 0 Å². The fourth-order valence-corrected chi connectivity index (χ4v) is 5.19. The summed E-state index contributed by atoms with van der Waals surface area (Å²) in [5.74, 6) is -0.453. The minimum absolute atomic E-state index is 0.185. The summed E-state index contributed by atoms with van der Waals surface area (Å²) < 4.78 is 7.56. The number of carbonyl (C=O) groups is 1. The number of benzene rings is 2. The van der Waals surface area contributed by atoms with Gasteiger partial charge in [0.1, 0.15) is 0 Å². The average Bonchev–Trinajstić information content (AvgIpc) is 3.41. The van der Waals surface area contributed by atoms with Crippen LogP contribution in [0.1, 0.15) is 31.1 Å². The van der Waals surface area contributed by atoms with Crippen LogP contribution in [0.3, 0.4) is 0 Å². The van der Waals surface area contributed by atoms with Gasteiger partial charge in [-0.15, -0.1) is 0 Å². The van der Waals surface area contributed by atoms with Crippen LogP contribution in [-0.4, -0.2) is 22.1 Å². The maximum atomic E-state index is 13.6. The second kappa shape index (κ2) is 8.09. The Balaban J connectivity index is 1.83. The highest BCUT2D eigenvalue weighted by molar-refractivity contribution is 7.07. The van der Waals surface area contributed by atoms with Gasteiger partial charge in [-0.1, -0.05) is 53.8 Å². The lowest BCUT2D eigenvalue weighted by atomic mass is 9.91. The lowest BCUT2D eigenvalue weighted by Crippen LogP contribution is -2.40. The van der Waals surface area contributed by atoms with Crippen LogP contribution in [0.5, 0.6) is 0 Å². The summed E-state index contributed by atoms with van der Waals surface area (Å²) in [6.07, 6.45) is 3.62. The standard InChI is InChI=1S/C25H21N3O3S/c1-3-31-24(30)21-15(2)27-25-28(23(29)20(32-25)14-17-10-7-13-26-17)22(21)19-12-6-9-16-8-4-5-11-18(16)19/h4-14,22,26H,3H2,1-2H3/b20-14+. The van der Waals surface area contributed by atoms with E-state index in [4.69, 9.17) is 4.74 Å². The molecule has 0 radical (unpaired) electrons.